The molecule has 26 heavy (non-hydrogen) atoms. The van der Waals surface area contributed by atoms with Gasteiger partial charge in [0.2, 0.25) is 5.91 Å². The molecule has 0 radical (unpaired) electrons. The summed E-state index contributed by atoms with van der Waals surface area (Å²) in [7, 11) is 0. The average molecular weight is 357 g/mol. The molecule has 3 rings (SSSR count). The minimum Gasteiger partial charge on any atom is -0.343 e. The van der Waals surface area contributed by atoms with E-state index >= 15 is 0 Å². The number of benzene rings is 1. The Kier molecular flexibility index (Phi) is 5.30. The summed E-state index contributed by atoms with van der Waals surface area (Å²) < 4.78 is 0. The number of nitrogens with zero attached hydrogens (tertiary/aromatic N) is 1. The van der Waals surface area contributed by atoms with Crippen LogP contribution in [0.4, 0.5) is 4.79 Å². The van der Waals surface area contributed by atoms with Gasteiger partial charge in [0.1, 0.15) is 5.54 Å². The van der Waals surface area contributed by atoms with Crippen molar-refractivity contribution < 1.29 is 14.4 Å². The quantitative estimate of drug-likeness (QED) is 0.795. The van der Waals surface area contributed by atoms with Crippen molar-refractivity contribution in [1.82, 2.24) is 15.5 Å². The van der Waals surface area contributed by atoms with Crippen molar-refractivity contribution in [2.24, 2.45) is 5.92 Å². The van der Waals surface area contributed by atoms with Gasteiger partial charge in [-0.15, -0.1) is 0 Å². The van der Waals surface area contributed by atoms with Crippen molar-refractivity contribution in [3.05, 3.63) is 35.9 Å². The molecule has 6 nitrogen and oxygen atoms in total. The number of hydrogen-bond donors (Lipinski definition) is 2. The third-order valence-corrected chi connectivity index (χ3v) is 5.81. The molecule has 0 aromatic heterocycles. The molecule has 0 aliphatic carbocycles. The molecule has 2 saturated heterocycles. The first kappa shape index (κ1) is 18.4. The molecule has 0 spiro atoms. The molecule has 0 bridgehead atoms. The second-order valence-electron chi connectivity index (χ2n) is 7.60. The number of carbonyl (C=O) groups excluding carboxylic acids is 3. The van der Waals surface area contributed by atoms with E-state index in [1.807, 2.05) is 24.8 Å². The minimum atomic E-state index is -0.977. The molecule has 1 atom stereocenters. The highest BCUT2D eigenvalue weighted by Crippen LogP contribution is 2.30. The summed E-state index contributed by atoms with van der Waals surface area (Å²) in [5.74, 6) is 0.159. The number of piperidine rings is 1. The highest BCUT2D eigenvalue weighted by Gasteiger charge is 2.48. The van der Waals surface area contributed by atoms with Crippen LogP contribution in [0.5, 0.6) is 0 Å². The smallest absolute Gasteiger partial charge is 0.322 e. The Morgan fingerprint density at radius 3 is 2.38 bits per heavy atom. The van der Waals surface area contributed by atoms with E-state index in [4.69, 9.17) is 0 Å². The summed E-state index contributed by atoms with van der Waals surface area (Å²) in [6, 6.07) is 9.95. The van der Waals surface area contributed by atoms with Crippen molar-refractivity contribution in [3.63, 3.8) is 0 Å². The number of hydrogen-bond acceptors (Lipinski definition) is 3. The molecule has 1 aromatic carbocycles. The number of imide groups is 1. The third kappa shape index (κ3) is 3.59. The lowest BCUT2D eigenvalue weighted by Crippen LogP contribution is -2.52. The number of nitrogens with one attached hydrogen (secondary N) is 2. The zero-order valence-corrected chi connectivity index (χ0v) is 15.5. The standard InChI is InChI=1S/C20H27N3O3/c1-14(2)20(18(25)21-19(26)22-20)11-8-17(24)23-12-9-16(10-13-23)15-6-4-3-5-7-15/h3-7,14,16H,8-13H2,1-2H3,(H2,21,22,25,26). The van der Waals surface area contributed by atoms with Crippen molar-refractivity contribution in [3.8, 4) is 0 Å². The number of amides is 4. The molecule has 2 aliphatic rings. The van der Waals surface area contributed by atoms with Crippen molar-refractivity contribution in [2.45, 2.75) is 51.0 Å². The maximum Gasteiger partial charge on any atom is 0.322 e. The van der Waals surface area contributed by atoms with Crippen LogP contribution < -0.4 is 10.6 Å². The zero-order valence-electron chi connectivity index (χ0n) is 15.5. The Bertz CT molecular complexity index is 681. The van der Waals surface area contributed by atoms with E-state index in [9.17, 15) is 14.4 Å². The van der Waals surface area contributed by atoms with Gasteiger partial charge in [0.25, 0.3) is 5.91 Å². The van der Waals surface area contributed by atoms with Gasteiger partial charge in [-0.05, 0) is 36.7 Å². The van der Waals surface area contributed by atoms with Crippen LogP contribution in [-0.4, -0.2) is 41.4 Å². The molecule has 2 aliphatic heterocycles. The summed E-state index contributed by atoms with van der Waals surface area (Å²) in [4.78, 5) is 38.3. The number of urea groups is 1. The fourth-order valence-electron chi connectivity index (χ4n) is 4.03. The zero-order chi connectivity index (χ0) is 18.7. The van der Waals surface area contributed by atoms with Crippen LogP contribution in [0.1, 0.15) is 51.0 Å². The predicted octanol–water partition coefficient (Wildman–Crippen LogP) is 2.41. The second-order valence-corrected chi connectivity index (χ2v) is 7.60. The van der Waals surface area contributed by atoms with Gasteiger partial charge in [-0.2, -0.15) is 0 Å². The van der Waals surface area contributed by atoms with Crippen LogP contribution >= 0.6 is 0 Å². The molecular formula is C20H27N3O3. The van der Waals surface area contributed by atoms with Gasteiger partial charge in [-0.25, -0.2) is 4.79 Å². The number of likely N-dealkylation sites (tertiary alicyclic amines) is 1. The van der Waals surface area contributed by atoms with Gasteiger partial charge in [-0.3, -0.25) is 14.9 Å². The molecule has 6 heteroatoms. The van der Waals surface area contributed by atoms with E-state index in [0.29, 0.717) is 12.3 Å². The third-order valence-electron chi connectivity index (χ3n) is 5.81. The van der Waals surface area contributed by atoms with Gasteiger partial charge in [0.05, 0.1) is 0 Å². The molecule has 2 heterocycles. The minimum absolute atomic E-state index is 0.0606. The fraction of sp³-hybridized carbons (Fsp3) is 0.550. The van der Waals surface area contributed by atoms with Gasteiger partial charge in [0, 0.05) is 19.5 Å². The van der Waals surface area contributed by atoms with E-state index < -0.39 is 11.6 Å². The highest BCUT2D eigenvalue weighted by atomic mass is 16.2. The normalized spacial score (nSPS) is 23.9. The van der Waals surface area contributed by atoms with Crippen molar-refractivity contribution >= 4 is 17.8 Å². The first-order chi connectivity index (χ1) is 12.4. The monoisotopic (exact) mass is 357 g/mol. The lowest BCUT2D eigenvalue weighted by atomic mass is 9.82. The Morgan fingerprint density at radius 1 is 1.19 bits per heavy atom. The van der Waals surface area contributed by atoms with Crippen LogP contribution in [-0.2, 0) is 9.59 Å². The van der Waals surface area contributed by atoms with Crippen LogP contribution in [0.15, 0.2) is 30.3 Å². The van der Waals surface area contributed by atoms with Gasteiger partial charge in [-0.1, -0.05) is 44.2 Å². The molecular weight excluding hydrogens is 330 g/mol. The molecule has 2 fully saturated rings. The van der Waals surface area contributed by atoms with Gasteiger partial charge < -0.3 is 10.2 Å². The first-order valence-electron chi connectivity index (χ1n) is 9.38. The summed E-state index contributed by atoms with van der Waals surface area (Å²) in [5, 5.41) is 5.04. The maximum absolute atomic E-state index is 12.6. The topological polar surface area (TPSA) is 78.5 Å². The first-order valence-corrected chi connectivity index (χ1v) is 9.38. The molecule has 1 aromatic rings. The lowest BCUT2D eigenvalue weighted by molar-refractivity contribution is -0.133. The number of carbonyl (C=O) groups is 3. The maximum atomic E-state index is 12.6. The number of rotatable bonds is 5. The highest BCUT2D eigenvalue weighted by molar-refractivity contribution is 6.07. The largest absolute Gasteiger partial charge is 0.343 e. The lowest BCUT2D eigenvalue weighted by Gasteiger charge is -2.34. The Balaban J connectivity index is 1.54. The molecule has 4 amide bonds. The SMILES string of the molecule is CC(C)C1(CCC(=O)N2CCC(c3ccccc3)CC2)NC(=O)NC1=O. The van der Waals surface area contributed by atoms with Gasteiger partial charge >= 0.3 is 6.03 Å². The summed E-state index contributed by atoms with van der Waals surface area (Å²) >= 11 is 0. The fourth-order valence-corrected chi connectivity index (χ4v) is 4.03. The van der Waals surface area contributed by atoms with Crippen LogP contribution in [0, 0.1) is 5.92 Å². The molecule has 2 N–H and O–H groups in total. The Morgan fingerprint density at radius 2 is 1.85 bits per heavy atom. The van der Waals surface area contributed by atoms with E-state index in [1.54, 1.807) is 0 Å². The van der Waals surface area contributed by atoms with Crippen molar-refractivity contribution in [2.75, 3.05) is 13.1 Å². The van der Waals surface area contributed by atoms with E-state index in [-0.39, 0.29) is 24.2 Å². The second kappa shape index (κ2) is 7.48. The average Bonchev–Trinajstić information content (AvgIpc) is 2.95. The predicted molar refractivity (Wildman–Crippen MR) is 98.5 cm³/mol. The van der Waals surface area contributed by atoms with Gasteiger partial charge in [0.15, 0.2) is 0 Å². The van der Waals surface area contributed by atoms with Crippen LogP contribution in [0.3, 0.4) is 0 Å². The van der Waals surface area contributed by atoms with E-state index in [1.165, 1.54) is 5.56 Å². The summed E-state index contributed by atoms with van der Waals surface area (Å²) in [6.45, 7) is 5.26. The molecule has 1 unspecified atom stereocenters. The van der Waals surface area contributed by atoms with E-state index in [2.05, 4.69) is 34.9 Å². The molecule has 140 valence electrons. The Labute approximate surface area is 154 Å². The Hall–Kier alpha value is -2.37. The summed E-state index contributed by atoms with van der Waals surface area (Å²) in [5.41, 5.74) is 0.360. The molecule has 0 saturated carbocycles. The summed E-state index contributed by atoms with van der Waals surface area (Å²) in [6.07, 6.45) is 2.52. The van der Waals surface area contributed by atoms with E-state index in [0.717, 1.165) is 25.9 Å². The van der Waals surface area contributed by atoms with Crippen LogP contribution in [0.2, 0.25) is 0 Å². The van der Waals surface area contributed by atoms with Crippen molar-refractivity contribution in [1.29, 1.82) is 0 Å². The van der Waals surface area contributed by atoms with Crippen LogP contribution in [0.25, 0.3) is 0 Å².